The van der Waals surface area contributed by atoms with Gasteiger partial charge < -0.3 is 32.6 Å². The zero-order valence-electron chi connectivity index (χ0n) is 39.0. The van der Waals surface area contributed by atoms with Gasteiger partial charge in [0.2, 0.25) is 0 Å². The molecule has 61 heavy (non-hydrogen) atoms. The molecule has 1 heterocycles. The van der Waals surface area contributed by atoms with Crippen molar-refractivity contribution in [3.63, 3.8) is 0 Å². The van der Waals surface area contributed by atoms with E-state index in [9.17, 15) is 19.0 Å². The Morgan fingerprint density at radius 3 is 1.69 bits per heavy atom. The quantitative estimate of drug-likeness (QED) is 0.0147. The molecule has 1 aliphatic rings. The van der Waals surface area contributed by atoms with Gasteiger partial charge in [0.1, 0.15) is 19.8 Å². The molecule has 0 bridgehead atoms. The molecule has 0 aromatic rings. The van der Waals surface area contributed by atoms with Crippen LogP contribution in [0.5, 0.6) is 0 Å². The molecule has 1 aliphatic heterocycles. The average molecular weight is 876 g/mol. The lowest BCUT2D eigenvalue weighted by Gasteiger charge is -2.28. The van der Waals surface area contributed by atoms with Crippen molar-refractivity contribution in [3.05, 3.63) is 72.9 Å². The van der Waals surface area contributed by atoms with Crippen LogP contribution in [0.4, 0.5) is 0 Å². The summed E-state index contributed by atoms with van der Waals surface area (Å²) in [7, 11) is 1.11. The first-order chi connectivity index (χ1) is 29.5. The molecule has 0 aromatic heterocycles. The topological polar surface area (TPSA) is 124 Å². The number of phosphoric ester groups is 1. The Bertz CT molecular complexity index is 1330. The van der Waals surface area contributed by atoms with Crippen LogP contribution < -0.4 is 4.89 Å². The number of hydrogen-bond donors (Lipinski definition) is 0. The number of phosphoric acid groups is 1. The van der Waals surface area contributed by atoms with Crippen LogP contribution in [-0.2, 0) is 37.4 Å². The van der Waals surface area contributed by atoms with Crippen molar-refractivity contribution in [2.45, 2.75) is 186 Å². The summed E-state index contributed by atoms with van der Waals surface area (Å²) in [5.74, 6) is -0.946. The van der Waals surface area contributed by atoms with Crippen LogP contribution in [0.15, 0.2) is 72.9 Å². The number of likely N-dealkylation sites (N-methyl/N-ethyl adjacent to an activating group) is 1. The van der Waals surface area contributed by atoms with Crippen molar-refractivity contribution in [1.82, 2.24) is 0 Å². The highest BCUT2D eigenvalue weighted by Crippen LogP contribution is 2.38. The van der Waals surface area contributed by atoms with Crippen LogP contribution in [-0.4, -0.2) is 82.2 Å². The second-order valence-corrected chi connectivity index (χ2v) is 18.5. The third kappa shape index (κ3) is 38.8. The van der Waals surface area contributed by atoms with Crippen molar-refractivity contribution >= 4 is 19.8 Å². The summed E-state index contributed by atoms with van der Waals surface area (Å²) in [4.78, 5) is 37.6. The molecule has 0 saturated carbocycles. The van der Waals surface area contributed by atoms with Gasteiger partial charge in [-0.2, -0.15) is 0 Å². The SMILES string of the molecule is CC/C=C\CC1OC1C/C=C\C/C=C\C/C=C\C/C=C\CCC(=O)OC[C@H](COP(=O)([O-])OCC[N+](C)(C)C)OC(=O)CCCCCCCCC/C=C\CCCCCCCC. The molecule has 1 saturated heterocycles. The van der Waals surface area contributed by atoms with Gasteiger partial charge in [0.05, 0.1) is 40.0 Å². The summed E-state index contributed by atoms with van der Waals surface area (Å²) < 4.78 is 39.6. The Kier molecular flexibility index (Phi) is 35.1. The second kappa shape index (κ2) is 37.9. The lowest BCUT2D eigenvalue weighted by Crippen LogP contribution is -2.37. The molecule has 3 unspecified atom stereocenters. The van der Waals surface area contributed by atoms with Crippen molar-refractivity contribution in [1.29, 1.82) is 0 Å². The van der Waals surface area contributed by atoms with Gasteiger partial charge in [0.25, 0.3) is 7.82 Å². The number of carbonyl (C=O) groups excluding carboxylic acids is 2. The van der Waals surface area contributed by atoms with Crippen molar-refractivity contribution in [3.8, 4) is 0 Å². The molecule has 1 rings (SSSR count). The van der Waals surface area contributed by atoms with Crippen LogP contribution in [0.25, 0.3) is 0 Å². The predicted octanol–water partition coefficient (Wildman–Crippen LogP) is 12.2. The van der Waals surface area contributed by atoms with E-state index in [1.54, 1.807) is 0 Å². The maximum Gasteiger partial charge on any atom is 0.306 e. The molecule has 0 aromatic carbocycles. The van der Waals surface area contributed by atoms with Crippen LogP contribution >= 0.6 is 7.82 Å². The monoisotopic (exact) mass is 876 g/mol. The summed E-state index contributed by atoms with van der Waals surface area (Å²) >= 11 is 0. The van der Waals surface area contributed by atoms with Crippen LogP contribution in [0.3, 0.4) is 0 Å². The Balaban J connectivity index is 2.30. The fourth-order valence-electron chi connectivity index (χ4n) is 6.30. The average Bonchev–Trinajstić information content (AvgIpc) is 3.97. The molecule has 350 valence electrons. The molecule has 11 heteroatoms. The number of unbranched alkanes of at least 4 members (excludes halogenated alkanes) is 13. The van der Waals surface area contributed by atoms with E-state index in [-0.39, 0.29) is 26.1 Å². The number of quaternary nitrogens is 1. The van der Waals surface area contributed by atoms with Gasteiger partial charge in [-0.15, -0.1) is 0 Å². The van der Waals surface area contributed by atoms with Gasteiger partial charge >= 0.3 is 11.9 Å². The molecule has 0 amide bonds. The maximum absolute atomic E-state index is 12.7. The molecule has 10 nitrogen and oxygen atoms in total. The number of allylic oxidation sites excluding steroid dienone is 10. The summed E-state index contributed by atoms with van der Waals surface area (Å²) in [6.45, 7) is 4.00. The zero-order chi connectivity index (χ0) is 44.7. The highest BCUT2D eigenvalue weighted by Gasteiger charge is 2.36. The summed E-state index contributed by atoms with van der Waals surface area (Å²) in [5.41, 5.74) is 0. The Morgan fingerprint density at radius 1 is 0.607 bits per heavy atom. The lowest BCUT2D eigenvalue weighted by atomic mass is 10.1. The molecule has 1 fully saturated rings. The van der Waals surface area contributed by atoms with Crippen LogP contribution in [0.1, 0.15) is 168 Å². The fraction of sp³-hybridized carbons (Fsp3) is 0.720. The number of rotatable bonds is 41. The minimum absolute atomic E-state index is 0.0479. The second-order valence-electron chi connectivity index (χ2n) is 17.1. The maximum atomic E-state index is 12.7. The van der Waals surface area contributed by atoms with Crippen LogP contribution in [0, 0.1) is 0 Å². The third-order valence-corrected chi connectivity index (χ3v) is 11.1. The van der Waals surface area contributed by atoms with Crippen LogP contribution in [0.2, 0.25) is 0 Å². The summed E-state index contributed by atoms with van der Waals surface area (Å²) in [5, 5.41) is 0. The summed E-state index contributed by atoms with van der Waals surface area (Å²) in [6, 6.07) is 0. The molecular formula is C50H86NO9P. The Labute approximate surface area is 372 Å². The minimum atomic E-state index is -4.65. The number of hydrogen-bond acceptors (Lipinski definition) is 9. The van der Waals surface area contributed by atoms with Gasteiger partial charge in [-0.05, 0) is 77.0 Å². The van der Waals surface area contributed by atoms with Gasteiger partial charge in [-0.3, -0.25) is 14.2 Å². The molecule has 0 spiro atoms. The highest BCUT2D eigenvalue weighted by molar-refractivity contribution is 7.45. The van der Waals surface area contributed by atoms with Gasteiger partial charge in [0, 0.05) is 12.8 Å². The van der Waals surface area contributed by atoms with Gasteiger partial charge in [-0.25, -0.2) is 0 Å². The Hall–Kier alpha value is -2.59. The highest BCUT2D eigenvalue weighted by atomic mass is 31.2. The van der Waals surface area contributed by atoms with Crippen molar-refractivity contribution in [2.75, 3.05) is 47.5 Å². The number of nitrogens with zero attached hydrogens (tertiary/aromatic N) is 1. The zero-order valence-corrected chi connectivity index (χ0v) is 39.9. The predicted molar refractivity (Wildman–Crippen MR) is 249 cm³/mol. The van der Waals surface area contributed by atoms with E-state index in [1.165, 1.54) is 64.2 Å². The van der Waals surface area contributed by atoms with Gasteiger partial charge in [-0.1, -0.05) is 151 Å². The van der Waals surface area contributed by atoms with E-state index < -0.39 is 32.5 Å². The normalized spacial score (nSPS) is 17.5. The first kappa shape index (κ1) is 56.4. The van der Waals surface area contributed by atoms with E-state index in [0.717, 1.165) is 64.2 Å². The third-order valence-electron chi connectivity index (χ3n) is 10.1. The number of carbonyl (C=O) groups is 2. The fourth-order valence-corrected chi connectivity index (χ4v) is 7.03. The smallest absolute Gasteiger partial charge is 0.306 e. The molecule has 0 aliphatic carbocycles. The minimum Gasteiger partial charge on any atom is -0.756 e. The van der Waals surface area contributed by atoms with E-state index >= 15 is 0 Å². The standard InChI is InChI=1S/C50H86NO9P/c1-6-8-10-11-12-13-14-15-16-17-18-19-24-27-30-33-37-41-50(53)59-46(45-58-61(54,55)57-43-42-51(3,4)5)44-56-49(52)40-36-32-29-26-23-21-20-22-25-28-31-35-39-48-47(60-48)38-34-9-7-2/h9,15-16,21-23,25,29,31-32,34-35,46-48H,6-8,10-14,17-20,24,26-28,30,33,36-45H2,1-5H3/b16-15-,23-21-,25-22-,32-29-,34-9-,35-31-/t46-,47?,48?/m1/s1. The van der Waals surface area contributed by atoms with Gasteiger partial charge in [0.15, 0.2) is 6.10 Å². The number of ether oxygens (including phenoxy) is 3. The van der Waals surface area contributed by atoms with E-state index in [2.05, 4.69) is 74.6 Å². The summed E-state index contributed by atoms with van der Waals surface area (Å²) in [6.07, 6.45) is 49.8. The van der Waals surface area contributed by atoms with E-state index in [1.807, 2.05) is 33.3 Å². The number of epoxide rings is 1. The first-order valence-corrected chi connectivity index (χ1v) is 25.2. The molecule has 4 atom stereocenters. The van der Waals surface area contributed by atoms with E-state index in [0.29, 0.717) is 36.1 Å². The first-order valence-electron chi connectivity index (χ1n) is 23.8. The number of esters is 2. The van der Waals surface area contributed by atoms with E-state index in [4.69, 9.17) is 23.3 Å². The largest absolute Gasteiger partial charge is 0.756 e. The van der Waals surface area contributed by atoms with Crippen molar-refractivity contribution < 1.29 is 46.8 Å². The Morgan fingerprint density at radius 2 is 1.11 bits per heavy atom. The van der Waals surface area contributed by atoms with Crippen molar-refractivity contribution in [2.24, 2.45) is 0 Å². The lowest BCUT2D eigenvalue weighted by molar-refractivity contribution is -0.870. The molecule has 0 N–H and O–H groups in total. The molecular weight excluding hydrogens is 790 g/mol. The molecule has 0 radical (unpaired) electrons.